The van der Waals surface area contributed by atoms with Crippen LogP contribution in [0.5, 0.6) is 5.75 Å². The van der Waals surface area contributed by atoms with E-state index in [4.69, 9.17) is 15.2 Å². The summed E-state index contributed by atoms with van der Waals surface area (Å²) in [5.41, 5.74) is 8.57. The summed E-state index contributed by atoms with van der Waals surface area (Å²) in [5, 5.41) is 4.12. The predicted octanol–water partition coefficient (Wildman–Crippen LogP) is 4.42. The molecule has 7 heteroatoms. The molecule has 33 heavy (non-hydrogen) atoms. The Morgan fingerprint density at radius 2 is 2.03 bits per heavy atom. The fourth-order valence-corrected chi connectivity index (χ4v) is 4.43. The lowest BCUT2D eigenvalue weighted by Crippen LogP contribution is -2.29. The second-order valence-electron chi connectivity index (χ2n) is 8.92. The number of nitrogen functional groups attached to an aromatic ring is 1. The van der Waals surface area contributed by atoms with E-state index in [2.05, 4.69) is 5.32 Å². The van der Waals surface area contributed by atoms with Crippen LogP contribution in [0.1, 0.15) is 33.1 Å². The number of rotatable bonds is 7. The number of nitrogens with zero attached hydrogens (tertiary/aromatic N) is 1. The maximum absolute atomic E-state index is 13.6. The molecule has 1 atom stereocenters. The van der Waals surface area contributed by atoms with E-state index in [0.29, 0.717) is 47.6 Å². The number of hydrogen-bond acceptors (Lipinski definition) is 5. The maximum Gasteiger partial charge on any atom is 0.260 e. The number of ether oxygens (including phenoxy) is 2. The molecule has 0 aliphatic carbocycles. The summed E-state index contributed by atoms with van der Waals surface area (Å²) < 4.78 is 13.0. The van der Waals surface area contributed by atoms with Crippen molar-refractivity contribution in [1.82, 2.24) is 4.57 Å². The number of methoxy groups -OCH3 is 1. The summed E-state index contributed by atoms with van der Waals surface area (Å²) in [6.45, 7) is 5.06. The van der Waals surface area contributed by atoms with Crippen LogP contribution in [0.25, 0.3) is 21.9 Å². The van der Waals surface area contributed by atoms with Crippen LogP contribution in [-0.4, -0.2) is 30.3 Å². The first kappa shape index (κ1) is 22.9. The molecule has 1 aliphatic rings. The molecular formula is C26H31N3O4. The van der Waals surface area contributed by atoms with Gasteiger partial charge >= 0.3 is 0 Å². The molecule has 3 aromatic rings. The molecule has 1 saturated heterocycles. The molecule has 4 rings (SSSR count). The number of anilines is 2. The number of fused-ring (bicyclic) bond motifs is 1. The van der Waals surface area contributed by atoms with Crippen molar-refractivity contribution in [1.29, 1.82) is 0 Å². The molecule has 3 N–H and O–H groups in total. The molecule has 7 nitrogen and oxygen atoms in total. The predicted molar refractivity (Wildman–Crippen MR) is 132 cm³/mol. The maximum atomic E-state index is 13.6. The molecule has 1 fully saturated rings. The number of carbonyl (C=O) groups excluding carboxylic acids is 1. The van der Waals surface area contributed by atoms with Crippen LogP contribution < -0.4 is 21.3 Å². The number of para-hydroxylation sites is 1. The number of carbonyl (C=O) groups is 1. The Morgan fingerprint density at radius 3 is 2.73 bits per heavy atom. The van der Waals surface area contributed by atoms with E-state index in [-0.39, 0.29) is 23.5 Å². The van der Waals surface area contributed by atoms with Crippen molar-refractivity contribution in [2.45, 2.75) is 45.8 Å². The van der Waals surface area contributed by atoms with Gasteiger partial charge in [-0.15, -0.1) is 0 Å². The average Bonchev–Trinajstić information content (AvgIpc) is 3.30. The first-order chi connectivity index (χ1) is 15.9. The Kier molecular flexibility index (Phi) is 6.70. The van der Waals surface area contributed by atoms with Gasteiger partial charge in [0.05, 0.1) is 19.8 Å². The molecular weight excluding hydrogens is 418 g/mol. The van der Waals surface area contributed by atoms with Gasteiger partial charge in [-0.2, -0.15) is 0 Å². The topological polar surface area (TPSA) is 95.6 Å². The van der Waals surface area contributed by atoms with Gasteiger partial charge in [0.15, 0.2) is 0 Å². The fraction of sp³-hybridized carbons (Fsp3) is 0.385. The van der Waals surface area contributed by atoms with E-state index in [0.717, 1.165) is 24.0 Å². The van der Waals surface area contributed by atoms with E-state index in [1.165, 1.54) is 0 Å². The molecule has 1 aromatic heterocycles. The highest BCUT2D eigenvalue weighted by molar-refractivity contribution is 6.04. The fourth-order valence-electron chi connectivity index (χ4n) is 4.43. The van der Waals surface area contributed by atoms with Crippen LogP contribution in [0.2, 0.25) is 0 Å². The van der Waals surface area contributed by atoms with Crippen LogP contribution in [-0.2, 0) is 16.1 Å². The zero-order valence-corrected chi connectivity index (χ0v) is 19.4. The van der Waals surface area contributed by atoms with E-state index in [1.54, 1.807) is 17.7 Å². The lowest BCUT2D eigenvalue weighted by atomic mass is 9.97. The van der Waals surface area contributed by atoms with Crippen LogP contribution in [0.4, 0.5) is 11.5 Å². The third-order valence-corrected chi connectivity index (χ3v) is 5.98. The third kappa shape index (κ3) is 4.73. The summed E-state index contributed by atoms with van der Waals surface area (Å²) in [6, 6.07) is 13.0. The standard InChI is InChI=1S/C26H31N3O4/c1-16(2)13-23(30)28-17-10-11-19-21(14-17)26(31)29(15-18-7-6-12-33-18)25(27)24(19)20-8-4-5-9-22(20)32-3/h4-5,8-11,14,16,18H,6-7,12-13,15,27H2,1-3H3,(H,28,30). The first-order valence-electron chi connectivity index (χ1n) is 11.4. The van der Waals surface area contributed by atoms with Crippen LogP contribution in [0.15, 0.2) is 47.3 Å². The molecule has 2 heterocycles. The van der Waals surface area contributed by atoms with Gasteiger partial charge in [-0.1, -0.05) is 38.1 Å². The molecule has 2 aromatic carbocycles. The minimum Gasteiger partial charge on any atom is -0.496 e. The Hall–Kier alpha value is -3.32. The zero-order chi connectivity index (χ0) is 23.5. The zero-order valence-electron chi connectivity index (χ0n) is 19.4. The van der Waals surface area contributed by atoms with E-state index < -0.39 is 0 Å². The van der Waals surface area contributed by atoms with E-state index in [1.807, 2.05) is 50.2 Å². The summed E-state index contributed by atoms with van der Waals surface area (Å²) in [4.78, 5) is 25.9. The van der Waals surface area contributed by atoms with Gasteiger partial charge in [-0.25, -0.2) is 0 Å². The van der Waals surface area contributed by atoms with Crippen molar-refractivity contribution in [3.63, 3.8) is 0 Å². The van der Waals surface area contributed by atoms with Crippen LogP contribution in [0, 0.1) is 5.92 Å². The molecule has 1 unspecified atom stereocenters. The summed E-state index contributed by atoms with van der Waals surface area (Å²) >= 11 is 0. The number of hydrogen-bond donors (Lipinski definition) is 2. The van der Waals surface area contributed by atoms with Gasteiger partial charge in [0.25, 0.3) is 5.56 Å². The number of benzene rings is 2. The number of pyridine rings is 1. The monoisotopic (exact) mass is 449 g/mol. The third-order valence-electron chi connectivity index (χ3n) is 5.98. The van der Waals surface area contributed by atoms with Crippen molar-refractivity contribution in [3.8, 4) is 16.9 Å². The van der Waals surface area contributed by atoms with Gasteiger partial charge in [0, 0.05) is 35.2 Å². The first-order valence-corrected chi connectivity index (χ1v) is 11.4. The Bertz CT molecular complexity index is 1230. The van der Waals surface area contributed by atoms with Crippen molar-refractivity contribution in [2.24, 2.45) is 5.92 Å². The van der Waals surface area contributed by atoms with Crippen molar-refractivity contribution in [3.05, 3.63) is 52.8 Å². The molecule has 0 spiro atoms. The number of amides is 1. The molecule has 1 aliphatic heterocycles. The molecule has 0 saturated carbocycles. The minimum atomic E-state index is -0.198. The van der Waals surface area contributed by atoms with Crippen LogP contribution in [0.3, 0.4) is 0 Å². The smallest absolute Gasteiger partial charge is 0.260 e. The largest absolute Gasteiger partial charge is 0.496 e. The summed E-state index contributed by atoms with van der Waals surface area (Å²) in [7, 11) is 1.61. The van der Waals surface area contributed by atoms with E-state index in [9.17, 15) is 9.59 Å². The lowest BCUT2D eigenvalue weighted by Gasteiger charge is -2.21. The Labute approximate surface area is 193 Å². The highest BCUT2D eigenvalue weighted by Crippen LogP contribution is 2.38. The van der Waals surface area contributed by atoms with Gasteiger partial charge < -0.3 is 20.5 Å². The number of nitrogens with two attached hydrogens (primary N) is 1. The van der Waals surface area contributed by atoms with Crippen molar-refractivity contribution >= 4 is 28.2 Å². The van der Waals surface area contributed by atoms with E-state index >= 15 is 0 Å². The Morgan fingerprint density at radius 1 is 1.24 bits per heavy atom. The van der Waals surface area contributed by atoms with Crippen molar-refractivity contribution < 1.29 is 14.3 Å². The van der Waals surface area contributed by atoms with Crippen LogP contribution >= 0.6 is 0 Å². The molecule has 1 amide bonds. The highest BCUT2D eigenvalue weighted by atomic mass is 16.5. The lowest BCUT2D eigenvalue weighted by molar-refractivity contribution is -0.116. The normalized spacial score (nSPS) is 15.8. The second kappa shape index (κ2) is 9.67. The molecule has 174 valence electrons. The van der Waals surface area contributed by atoms with Gasteiger partial charge in [-0.3, -0.25) is 14.2 Å². The van der Waals surface area contributed by atoms with Gasteiger partial charge in [-0.05, 0) is 42.3 Å². The number of nitrogens with one attached hydrogen (secondary N) is 1. The average molecular weight is 450 g/mol. The molecule has 0 bridgehead atoms. The summed E-state index contributed by atoms with van der Waals surface area (Å²) in [6.07, 6.45) is 2.22. The minimum absolute atomic E-state index is 0.0538. The summed E-state index contributed by atoms with van der Waals surface area (Å²) in [5.74, 6) is 1.21. The second-order valence-corrected chi connectivity index (χ2v) is 8.92. The quantitative estimate of drug-likeness (QED) is 0.557. The number of aromatic nitrogens is 1. The molecule has 0 radical (unpaired) electrons. The Balaban J connectivity index is 1.90. The van der Waals surface area contributed by atoms with Gasteiger partial charge in [0.2, 0.25) is 5.91 Å². The highest BCUT2D eigenvalue weighted by Gasteiger charge is 2.23. The van der Waals surface area contributed by atoms with Crippen molar-refractivity contribution in [2.75, 3.05) is 24.8 Å². The SMILES string of the molecule is COc1ccccc1-c1c(N)n(CC2CCCO2)c(=O)c2cc(NC(=O)CC(C)C)ccc12. The van der Waals surface area contributed by atoms with Gasteiger partial charge in [0.1, 0.15) is 11.6 Å².